The normalized spacial score (nSPS) is 10.7. The third-order valence-electron chi connectivity index (χ3n) is 5.60. The number of amides is 1. The summed E-state index contributed by atoms with van der Waals surface area (Å²) in [6.07, 6.45) is 3.44. The van der Waals surface area contributed by atoms with Gasteiger partial charge in [-0.2, -0.15) is 0 Å². The number of hydrogen-bond donors (Lipinski definition) is 1. The van der Waals surface area contributed by atoms with Gasteiger partial charge in [-0.1, -0.05) is 60.3 Å². The Balaban J connectivity index is 1.38. The van der Waals surface area contributed by atoms with E-state index in [0.717, 1.165) is 33.8 Å². The van der Waals surface area contributed by atoms with Gasteiger partial charge < -0.3 is 10.1 Å². The first-order chi connectivity index (χ1) is 18.2. The molecular formula is C29H25N5O2S. The minimum atomic E-state index is -0.125. The number of carbonyl (C=O) groups is 1. The molecule has 0 saturated carbocycles. The van der Waals surface area contributed by atoms with Gasteiger partial charge in [0, 0.05) is 34.9 Å². The molecule has 0 aliphatic heterocycles. The Labute approximate surface area is 219 Å². The number of carbonyl (C=O) groups excluding carboxylic acids is 1. The number of rotatable bonds is 9. The number of benzene rings is 3. The Morgan fingerprint density at radius 1 is 0.865 bits per heavy atom. The van der Waals surface area contributed by atoms with E-state index in [9.17, 15) is 4.79 Å². The molecule has 37 heavy (non-hydrogen) atoms. The lowest BCUT2D eigenvalue weighted by Crippen LogP contribution is -2.15. The Morgan fingerprint density at radius 3 is 2.35 bits per heavy atom. The molecule has 0 unspecified atom stereocenters. The van der Waals surface area contributed by atoms with Crippen LogP contribution in [0.1, 0.15) is 6.92 Å². The van der Waals surface area contributed by atoms with Gasteiger partial charge in [0.25, 0.3) is 0 Å². The van der Waals surface area contributed by atoms with E-state index in [1.807, 2.05) is 102 Å². The Hall–Kier alpha value is -4.43. The molecule has 0 saturated heterocycles. The molecule has 1 N–H and O–H groups in total. The van der Waals surface area contributed by atoms with Crippen LogP contribution in [0, 0.1) is 0 Å². The smallest absolute Gasteiger partial charge is 0.234 e. The maximum atomic E-state index is 13.0. The van der Waals surface area contributed by atoms with Crippen LogP contribution in [0.15, 0.2) is 109 Å². The van der Waals surface area contributed by atoms with Gasteiger partial charge in [0.2, 0.25) is 5.91 Å². The zero-order chi connectivity index (χ0) is 25.5. The molecule has 5 rings (SSSR count). The summed E-state index contributed by atoms with van der Waals surface area (Å²) in [5.41, 5.74) is 4.54. The van der Waals surface area contributed by atoms with Gasteiger partial charge in [-0.15, -0.1) is 10.2 Å². The van der Waals surface area contributed by atoms with Gasteiger partial charge in [-0.25, -0.2) is 0 Å². The SMILES string of the molecule is CCOc1ccc(-n2c(SCC(=O)Nc3ccccc3-c3ccccc3)nnc2-c2ccncc2)cc1. The molecule has 7 nitrogen and oxygen atoms in total. The number of para-hydroxylation sites is 1. The summed E-state index contributed by atoms with van der Waals surface area (Å²) < 4.78 is 7.54. The highest BCUT2D eigenvalue weighted by Crippen LogP contribution is 2.30. The molecule has 184 valence electrons. The predicted molar refractivity (Wildman–Crippen MR) is 147 cm³/mol. The van der Waals surface area contributed by atoms with Crippen molar-refractivity contribution in [1.82, 2.24) is 19.7 Å². The molecule has 2 heterocycles. The number of ether oxygens (including phenoxy) is 1. The topological polar surface area (TPSA) is 81.9 Å². The molecule has 0 fully saturated rings. The van der Waals surface area contributed by atoms with E-state index in [1.165, 1.54) is 11.8 Å². The van der Waals surface area contributed by atoms with Crippen LogP contribution in [0.4, 0.5) is 5.69 Å². The summed E-state index contributed by atoms with van der Waals surface area (Å²) >= 11 is 1.33. The quantitative estimate of drug-likeness (QED) is 0.242. The van der Waals surface area contributed by atoms with Crippen LogP contribution in [0.3, 0.4) is 0 Å². The van der Waals surface area contributed by atoms with Gasteiger partial charge in [-0.3, -0.25) is 14.3 Å². The molecule has 8 heteroatoms. The van der Waals surface area contributed by atoms with Gasteiger partial charge in [0.1, 0.15) is 5.75 Å². The molecule has 0 atom stereocenters. The minimum Gasteiger partial charge on any atom is -0.494 e. The molecule has 1 amide bonds. The maximum Gasteiger partial charge on any atom is 0.234 e. The van der Waals surface area contributed by atoms with Crippen LogP contribution in [0.5, 0.6) is 5.75 Å². The Kier molecular flexibility index (Phi) is 7.57. The molecule has 0 spiro atoms. The van der Waals surface area contributed by atoms with Crippen molar-refractivity contribution in [1.29, 1.82) is 0 Å². The van der Waals surface area contributed by atoms with Crippen LogP contribution in [0.2, 0.25) is 0 Å². The predicted octanol–water partition coefficient (Wildman–Crippen LogP) is 6.13. The second kappa shape index (κ2) is 11.5. The first kappa shape index (κ1) is 24.3. The van der Waals surface area contributed by atoms with Crippen LogP contribution >= 0.6 is 11.8 Å². The Morgan fingerprint density at radius 2 is 1.59 bits per heavy atom. The summed E-state index contributed by atoms with van der Waals surface area (Å²) in [5.74, 6) is 1.51. The number of hydrogen-bond acceptors (Lipinski definition) is 6. The van der Waals surface area contributed by atoms with Crippen LogP contribution in [0.25, 0.3) is 28.2 Å². The number of pyridine rings is 1. The maximum absolute atomic E-state index is 13.0. The first-order valence-electron chi connectivity index (χ1n) is 11.9. The summed E-state index contributed by atoms with van der Waals surface area (Å²) in [6.45, 7) is 2.55. The summed E-state index contributed by atoms with van der Waals surface area (Å²) in [5, 5.41) is 12.5. The summed E-state index contributed by atoms with van der Waals surface area (Å²) in [6, 6.07) is 29.3. The highest BCUT2D eigenvalue weighted by Gasteiger charge is 2.18. The van der Waals surface area contributed by atoms with Gasteiger partial charge in [0.05, 0.1) is 12.4 Å². The van der Waals surface area contributed by atoms with Crippen LogP contribution in [-0.4, -0.2) is 38.0 Å². The zero-order valence-electron chi connectivity index (χ0n) is 20.2. The highest BCUT2D eigenvalue weighted by molar-refractivity contribution is 7.99. The van der Waals surface area contributed by atoms with Crippen molar-refractivity contribution in [2.24, 2.45) is 0 Å². The number of anilines is 1. The van der Waals surface area contributed by atoms with Crippen molar-refractivity contribution in [3.8, 4) is 34.0 Å². The van der Waals surface area contributed by atoms with E-state index in [0.29, 0.717) is 17.6 Å². The lowest BCUT2D eigenvalue weighted by Gasteiger charge is -2.13. The van der Waals surface area contributed by atoms with Gasteiger partial charge in [-0.05, 0) is 55.0 Å². The average molecular weight is 508 g/mol. The highest BCUT2D eigenvalue weighted by atomic mass is 32.2. The molecule has 0 aliphatic rings. The summed E-state index contributed by atoms with van der Waals surface area (Å²) in [4.78, 5) is 17.1. The molecule has 2 aromatic heterocycles. The van der Waals surface area contributed by atoms with E-state index in [1.54, 1.807) is 12.4 Å². The fourth-order valence-electron chi connectivity index (χ4n) is 3.92. The van der Waals surface area contributed by atoms with E-state index in [-0.39, 0.29) is 11.7 Å². The second-order valence-corrected chi connectivity index (χ2v) is 9.00. The van der Waals surface area contributed by atoms with Crippen molar-refractivity contribution in [2.75, 3.05) is 17.7 Å². The van der Waals surface area contributed by atoms with E-state index in [2.05, 4.69) is 20.5 Å². The molecule has 0 radical (unpaired) electrons. The van der Waals surface area contributed by atoms with E-state index < -0.39 is 0 Å². The summed E-state index contributed by atoms with van der Waals surface area (Å²) in [7, 11) is 0. The van der Waals surface area contributed by atoms with Crippen molar-refractivity contribution in [3.63, 3.8) is 0 Å². The van der Waals surface area contributed by atoms with Crippen molar-refractivity contribution >= 4 is 23.4 Å². The fraction of sp³-hybridized carbons (Fsp3) is 0.103. The van der Waals surface area contributed by atoms with E-state index >= 15 is 0 Å². The second-order valence-electron chi connectivity index (χ2n) is 8.05. The molecule has 5 aromatic rings. The van der Waals surface area contributed by atoms with Crippen molar-refractivity contribution < 1.29 is 9.53 Å². The average Bonchev–Trinajstić information content (AvgIpc) is 3.38. The number of thioether (sulfide) groups is 1. The van der Waals surface area contributed by atoms with Gasteiger partial charge >= 0.3 is 0 Å². The number of nitrogens with one attached hydrogen (secondary N) is 1. The third-order valence-corrected chi connectivity index (χ3v) is 6.53. The third kappa shape index (κ3) is 5.70. The minimum absolute atomic E-state index is 0.125. The Bertz CT molecular complexity index is 1470. The van der Waals surface area contributed by atoms with Gasteiger partial charge in [0.15, 0.2) is 11.0 Å². The number of nitrogens with zero attached hydrogens (tertiary/aromatic N) is 4. The standard InChI is InChI=1S/C29H25N5O2S/c1-2-36-24-14-12-23(13-15-24)34-28(22-16-18-30-19-17-22)32-33-29(34)37-20-27(35)31-26-11-7-6-10-25(26)21-8-4-3-5-9-21/h3-19H,2,20H2,1H3,(H,31,35). The largest absolute Gasteiger partial charge is 0.494 e. The number of aromatic nitrogens is 4. The molecule has 0 aliphatic carbocycles. The molecule has 3 aromatic carbocycles. The first-order valence-corrected chi connectivity index (χ1v) is 12.9. The lowest BCUT2D eigenvalue weighted by molar-refractivity contribution is -0.113. The van der Waals surface area contributed by atoms with Crippen LogP contribution < -0.4 is 10.1 Å². The van der Waals surface area contributed by atoms with Crippen molar-refractivity contribution in [3.05, 3.63) is 103 Å². The lowest BCUT2D eigenvalue weighted by atomic mass is 10.0. The molecular weight excluding hydrogens is 482 g/mol. The fourth-order valence-corrected chi connectivity index (χ4v) is 4.67. The molecule has 0 bridgehead atoms. The van der Waals surface area contributed by atoms with E-state index in [4.69, 9.17) is 4.74 Å². The zero-order valence-corrected chi connectivity index (χ0v) is 21.1. The van der Waals surface area contributed by atoms with Crippen molar-refractivity contribution in [2.45, 2.75) is 12.1 Å². The van der Waals surface area contributed by atoms with Crippen LogP contribution in [-0.2, 0) is 4.79 Å². The monoisotopic (exact) mass is 507 g/mol.